The van der Waals surface area contributed by atoms with E-state index in [0.29, 0.717) is 6.07 Å². The van der Waals surface area contributed by atoms with Gasteiger partial charge in [0, 0.05) is 23.9 Å². The molecule has 0 bridgehead atoms. The van der Waals surface area contributed by atoms with E-state index in [1.54, 1.807) is 0 Å². The zero-order chi connectivity index (χ0) is 19.9. The van der Waals surface area contributed by atoms with Gasteiger partial charge in [0.2, 0.25) is 5.91 Å². The van der Waals surface area contributed by atoms with Gasteiger partial charge in [0.15, 0.2) is 0 Å². The number of benzene rings is 2. The van der Waals surface area contributed by atoms with Crippen LogP contribution in [0.2, 0.25) is 0 Å². The molecule has 0 radical (unpaired) electrons. The van der Waals surface area contributed by atoms with Crippen LogP contribution in [0.4, 0.5) is 8.78 Å². The lowest BCUT2D eigenvalue weighted by molar-refractivity contribution is -0.121. The summed E-state index contributed by atoms with van der Waals surface area (Å²) >= 11 is 1.54. The summed E-state index contributed by atoms with van der Waals surface area (Å²) in [6.45, 7) is 0.0352. The Hall–Kier alpha value is -3.06. The fourth-order valence-corrected chi connectivity index (χ4v) is 3.51. The average Bonchev–Trinajstić information content (AvgIpc) is 3.21. The maximum Gasteiger partial charge on any atom is 0.254 e. The van der Waals surface area contributed by atoms with E-state index in [1.165, 1.54) is 11.3 Å². The molecule has 0 fully saturated rings. The van der Waals surface area contributed by atoms with E-state index in [0.717, 1.165) is 22.6 Å². The van der Waals surface area contributed by atoms with Gasteiger partial charge in [0.1, 0.15) is 11.6 Å². The van der Waals surface area contributed by atoms with Crippen molar-refractivity contribution >= 4 is 23.2 Å². The summed E-state index contributed by atoms with van der Waals surface area (Å²) in [7, 11) is 0. The molecule has 0 aliphatic rings. The first kappa shape index (κ1) is 19.7. The number of thiophene rings is 1. The predicted octanol–water partition coefficient (Wildman–Crippen LogP) is 4.05. The molecule has 0 saturated carbocycles. The van der Waals surface area contributed by atoms with Crippen LogP contribution < -0.4 is 10.6 Å². The number of carbonyl (C=O) groups is 2. The molecule has 2 amide bonds. The van der Waals surface area contributed by atoms with E-state index in [-0.39, 0.29) is 30.5 Å². The maximum absolute atomic E-state index is 13.6. The second-order valence-electron chi connectivity index (χ2n) is 6.06. The van der Waals surface area contributed by atoms with Gasteiger partial charge in [-0.3, -0.25) is 9.59 Å². The molecule has 1 aromatic heterocycles. The molecule has 2 N–H and O–H groups in total. The minimum absolute atomic E-state index is 0.0310. The van der Waals surface area contributed by atoms with Crippen molar-refractivity contribution in [3.63, 3.8) is 0 Å². The topological polar surface area (TPSA) is 58.2 Å². The predicted molar refractivity (Wildman–Crippen MR) is 104 cm³/mol. The van der Waals surface area contributed by atoms with Crippen LogP contribution >= 0.6 is 11.3 Å². The number of halogens is 2. The number of carbonyl (C=O) groups excluding carboxylic acids is 2. The van der Waals surface area contributed by atoms with Gasteiger partial charge in [-0.1, -0.05) is 36.4 Å². The van der Waals surface area contributed by atoms with E-state index in [2.05, 4.69) is 10.6 Å². The van der Waals surface area contributed by atoms with Crippen molar-refractivity contribution in [3.05, 3.63) is 93.7 Å². The van der Waals surface area contributed by atoms with Crippen molar-refractivity contribution in [1.29, 1.82) is 0 Å². The van der Waals surface area contributed by atoms with Gasteiger partial charge in [0.25, 0.3) is 5.91 Å². The molecule has 144 valence electrons. The van der Waals surface area contributed by atoms with Crippen molar-refractivity contribution < 1.29 is 18.4 Å². The second kappa shape index (κ2) is 9.23. The average molecular weight is 400 g/mol. The number of amides is 2. The monoisotopic (exact) mass is 400 g/mol. The van der Waals surface area contributed by atoms with Gasteiger partial charge in [-0.25, -0.2) is 8.78 Å². The largest absolute Gasteiger partial charge is 0.351 e. The van der Waals surface area contributed by atoms with Crippen LogP contribution in [0.5, 0.6) is 0 Å². The smallest absolute Gasteiger partial charge is 0.254 e. The quantitative estimate of drug-likeness (QED) is 0.629. The van der Waals surface area contributed by atoms with Gasteiger partial charge >= 0.3 is 0 Å². The molecule has 3 aromatic rings. The van der Waals surface area contributed by atoms with Gasteiger partial charge in [-0.2, -0.15) is 0 Å². The number of hydrogen-bond donors (Lipinski definition) is 2. The first-order chi connectivity index (χ1) is 13.5. The number of hydrogen-bond acceptors (Lipinski definition) is 3. The van der Waals surface area contributed by atoms with Crippen molar-refractivity contribution in [1.82, 2.24) is 10.6 Å². The molecule has 3 rings (SSSR count). The Bertz CT molecular complexity index is 946. The highest BCUT2D eigenvalue weighted by molar-refractivity contribution is 7.10. The van der Waals surface area contributed by atoms with Crippen molar-refractivity contribution in [2.75, 3.05) is 6.54 Å². The van der Waals surface area contributed by atoms with E-state index < -0.39 is 17.5 Å². The molecule has 28 heavy (non-hydrogen) atoms. The van der Waals surface area contributed by atoms with Crippen LogP contribution in [0.15, 0.2) is 66.0 Å². The Morgan fingerprint density at radius 3 is 2.46 bits per heavy atom. The van der Waals surface area contributed by atoms with Gasteiger partial charge in [-0.15, -0.1) is 11.3 Å². The minimum atomic E-state index is -0.941. The molecule has 1 heterocycles. The summed E-state index contributed by atoms with van der Waals surface area (Å²) in [6.07, 6.45) is 0.0310. The van der Waals surface area contributed by atoms with Gasteiger partial charge in [-0.05, 0) is 29.1 Å². The Kier molecular flexibility index (Phi) is 6.49. The zero-order valence-corrected chi connectivity index (χ0v) is 15.6. The molecule has 0 saturated heterocycles. The maximum atomic E-state index is 13.6. The van der Waals surface area contributed by atoms with E-state index in [4.69, 9.17) is 0 Å². The Morgan fingerprint density at radius 2 is 1.79 bits per heavy atom. The third-order valence-corrected chi connectivity index (χ3v) is 5.02. The molecule has 0 spiro atoms. The van der Waals surface area contributed by atoms with E-state index in [9.17, 15) is 18.4 Å². The summed E-state index contributed by atoms with van der Waals surface area (Å²) in [6, 6.07) is 15.9. The Labute approximate surface area is 165 Å². The van der Waals surface area contributed by atoms with Crippen molar-refractivity contribution in [2.45, 2.75) is 12.5 Å². The van der Waals surface area contributed by atoms with Crippen molar-refractivity contribution in [2.24, 2.45) is 0 Å². The molecule has 1 atom stereocenters. The van der Waals surface area contributed by atoms with E-state index in [1.807, 2.05) is 47.8 Å². The lowest BCUT2D eigenvalue weighted by Gasteiger charge is -2.18. The van der Waals surface area contributed by atoms with Crippen LogP contribution in [0, 0.1) is 11.6 Å². The highest BCUT2D eigenvalue weighted by Gasteiger charge is 2.18. The summed E-state index contributed by atoms with van der Waals surface area (Å²) < 4.78 is 26.5. The highest BCUT2D eigenvalue weighted by Crippen LogP contribution is 2.25. The summed E-state index contributed by atoms with van der Waals surface area (Å²) in [5.74, 6) is -2.64. The van der Waals surface area contributed by atoms with Crippen molar-refractivity contribution in [3.8, 4) is 0 Å². The van der Waals surface area contributed by atoms with Crippen LogP contribution in [-0.4, -0.2) is 18.4 Å². The highest BCUT2D eigenvalue weighted by atomic mass is 32.1. The first-order valence-corrected chi connectivity index (χ1v) is 9.53. The molecule has 1 unspecified atom stereocenters. The van der Waals surface area contributed by atoms with Gasteiger partial charge in [0.05, 0.1) is 11.6 Å². The summed E-state index contributed by atoms with van der Waals surface area (Å²) in [5.41, 5.74) is 0.693. The van der Waals surface area contributed by atoms with Crippen LogP contribution in [0.25, 0.3) is 0 Å². The molecular formula is C21H18F2N2O2S. The molecule has 0 aliphatic heterocycles. The van der Waals surface area contributed by atoms with Crippen LogP contribution in [-0.2, 0) is 4.79 Å². The Morgan fingerprint density at radius 1 is 1.00 bits per heavy atom. The van der Waals surface area contributed by atoms with Crippen LogP contribution in [0.1, 0.15) is 33.3 Å². The lowest BCUT2D eigenvalue weighted by atomic mass is 10.1. The first-order valence-electron chi connectivity index (χ1n) is 8.65. The standard InChI is InChI=1S/C21H18F2N2O2S/c22-15-8-9-16(17(23)13-15)21(27)24-11-10-19(26)25-20(18-7-4-12-28-18)14-5-2-1-3-6-14/h1-9,12-13,20H,10-11H2,(H,24,27)(H,25,26). The van der Waals surface area contributed by atoms with Gasteiger partial charge < -0.3 is 10.6 Å². The second-order valence-corrected chi connectivity index (χ2v) is 7.04. The fourth-order valence-electron chi connectivity index (χ4n) is 2.71. The number of nitrogens with one attached hydrogen (secondary N) is 2. The SMILES string of the molecule is O=C(CCNC(=O)c1ccc(F)cc1F)NC(c1ccccc1)c1cccs1. The Balaban J connectivity index is 1.57. The molecular weight excluding hydrogens is 382 g/mol. The van der Waals surface area contributed by atoms with E-state index >= 15 is 0 Å². The normalized spacial score (nSPS) is 11.6. The third kappa shape index (κ3) is 5.01. The molecule has 2 aromatic carbocycles. The third-order valence-electron chi connectivity index (χ3n) is 4.08. The summed E-state index contributed by atoms with van der Waals surface area (Å²) in [4.78, 5) is 25.4. The minimum Gasteiger partial charge on any atom is -0.351 e. The zero-order valence-electron chi connectivity index (χ0n) is 14.8. The van der Waals surface area contributed by atoms with Crippen LogP contribution in [0.3, 0.4) is 0 Å². The number of rotatable bonds is 7. The molecule has 0 aliphatic carbocycles. The lowest BCUT2D eigenvalue weighted by Crippen LogP contribution is -2.33. The molecule has 4 nitrogen and oxygen atoms in total. The molecule has 7 heteroatoms. The fraction of sp³-hybridized carbons (Fsp3) is 0.143. The summed E-state index contributed by atoms with van der Waals surface area (Å²) in [5, 5.41) is 7.38.